The first-order chi connectivity index (χ1) is 5.25. The Morgan fingerprint density at radius 3 is 2.82 bits per heavy atom. The van der Waals surface area contributed by atoms with Gasteiger partial charge in [-0.25, -0.2) is 0 Å². The molecule has 0 saturated carbocycles. The predicted octanol–water partition coefficient (Wildman–Crippen LogP) is 0.752. The fourth-order valence-corrected chi connectivity index (χ4v) is 1.60. The number of hydrogen-bond donors (Lipinski definition) is 1. The highest BCUT2D eigenvalue weighted by Crippen LogP contribution is 2.19. The molecule has 0 aromatic heterocycles. The lowest BCUT2D eigenvalue weighted by Gasteiger charge is -2.07. The van der Waals surface area contributed by atoms with Gasteiger partial charge in [-0.05, 0) is 6.08 Å². The molecule has 1 aliphatic rings. The minimum absolute atomic E-state index is 0.0754. The summed E-state index contributed by atoms with van der Waals surface area (Å²) in [6, 6.07) is 0. The summed E-state index contributed by atoms with van der Waals surface area (Å²) in [4.78, 5) is 19.5. The van der Waals surface area contributed by atoms with Gasteiger partial charge in [-0.2, -0.15) is 4.89 Å². The molecule has 1 aliphatic carbocycles. The van der Waals surface area contributed by atoms with Gasteiger partial charge in [0.2, 0.25) is 8.00 Å². The normalized spacial score (nSPS) is 26.9. The zero-order chi connectivity index (χ0) is 8.27. The average molecular weight is 168 g/mol. The predicted molar refractivity (Wildman–Crippen MR) is 46.1 cm³/mol. The topological polar surface area (TPSA) is 43.3 Å². The second kappa shape index (κ2) is 3.63. The molecule has 58 valence electrons. The Morgan fingerprint density at radius 2 is 2.36 bits per heavy atom. The highest BCUT2D eigenvalue weighted by molar-refractivity contribution is 7.46. The van der Waals surface area contributed by atoms with Crippen LogP contribution in [0.3, 0.4) is 0 Å². The van der Waals surface area contributed by atoms with Crippen LogP contribution in [-0.2, 0) is 0 Å². The zero-order valence-corrected chi connectivity index (χ0v) is 6.87. The molecule has 2 atom stereocenters. The molecule has 0 spiro atoms. The van der Waals surface area contributed by atoms with Gasteiger partial charge < -0.3 is 4.89 Å². The summed E-state index contributed by atoms with van der Waals surface area (Å²) in [5.74, 6) is -0.0754. The van der Waals surface area contributed by atoms with Gasteiger partial charge >= 0.3 is 0 Å². The smallest absolute Gasteiger partial charge is 0.221 e. The summed E-state index contributed by atoms with van der Waals surface area (Å²) in [5, 5.41) is 0.525. The molecule has 0 fully saturated rings. The summed E-state index contributed by atoms with van der Waals surface area (Å²) in [6.07, 6.45) is 8.74. The fraction of sp³-hybridized carbons (Fsp3) is 0.125. The maximum atomic E-state index is 10.7. The van der Waals surface area contributed by atoms with Gasteiger partial charge in [-0.15, -0.1) is 6.58 Å². The van der Waals surface area contributed by atoms with E-state index in [2.05, 4.69) is 6.58 Å². The first-order valence-corrected chi connectivity index (χ1v) is 4.47. The Labute approximate surface area is 66.7 Å². The number of rotatable bonds is 1. The lowest BCUT2D eigenvalue weighted by Crippen LogP contribution is -2.11. The quantitative estimate of drug-likeness (QED) is 0.463. The van der Waals surface area contributed by atoms with Crippen molar-refractivity contribution in [1.29, 1.82) is 0 Å². The summed E-state index contributed by atoms with van der Waals surface area (Å²) in [7, 11) is -2.21. The maximum absolute atomic E-state index is 10.7. The summed E-state index contributed by atoms with van der Waals surface area (Å²) in [6.45, 7) is 3.57. The second-order valence-corrected chi connectivity index (χ2v) is 3.27. The molecule has 0 aliphatic heterocycles. The van der Waals surface area contributed by atoms with Crippen LogP contribution < -0.4 is 4.89 Å². The number of allylic oxidation sites excluding steroid dienone is 5. The minimum Gasteiger partial charge on any atom is -0.603 e. The van der Waals surface area contributed by atoms with E-state index in [0.29, 0.717) is 5.29 Å². The lowest BCUT2D eigenvalue weighted by atomic mass is 10.0. The van der Waals surface area contributed by atoms with E-state index >= 15 is 0 Å². The van der Waals surface area contributed by atoms with Gasteiger partial charge in [0.25, 0.3) is 0 Å². The molecule has 3 heteroatoms. The van der Waals surface area contributed by atoms with Crippen LogP contribution in [0.4, 0.5) is 0 Å². The molecule has 0 aromatic carbocycles. The molecule has 11 heavy (non-hydrogen) atoms. The van der Waals surface area contributed by atoms with Crippen molar-refractivity contribution in [3.63, 3.8) is 0 Å². The Bertz CT molecular complexity index is 247. The van der Waals surface area contributed by atoms with E-state index in [1.807, 2.05) is 12.2 Å². The molecular formula is C8H9O2P. The van der Waals surface area contributed by atoms with Gasteiger partial charge in [0.1, 0.15) is 0 Å². The Hall–Kier alpha value is -0.690. The zero-order valence-electron chi connectivity index (χ0n) is 5.97. The monoisotopic (exact) mass is 168 g/mol. The van der Waals surface area contributed by atoms with Crippen molar-refractivity contribution in [2.24, 2.45) is 5.92 Å². The first kappa shape index (κ1) is 8.41. The van der Waals surface area contributed by atoms with Gasteiger partial charge in [0.05, 0.1) is 5.92 Å². The third kappa shape index (κ3) is 1.87. The van der Waals surface area contributed by atoms with Gasteiger partial charge in [0.15, 0.2) is 5.29 Å². The summed E-state index contributed by atoms with van der Waals surface area (Å²) in [5.41, 5.74) is 0. The molecule has 0 saturated heterocycles. The number of hydrogen-bond acceptors (Lipinski definition) is 2. The third-order valence-electron chi connectivity index (χ3n) is 1.51. The largest absolute Gasteiger partial charge is 0.603 e. The van der Waals surface area contributed by atoms with Crippen molar-refractivity contribution in [3.8, 4) is 0 Å². The second-order valence-electron chi connectivity index (χ2n) is 2.20. The van der Waals surface area contributed by atoms with Crippen LogP contribution in [0, 0.1) is 5.92 Å². The molecule has 1 rings (SSSR count). The van der Waals surface area contributed by atoms with Gasteiger partial charge in [-0.3, -0.25) is 0 Å². The van der Waals surface area contributed by atoms with E-state index in [0.717, 1.165) is 0 Å². The van der Waals surface area contributed by atoms with Crippen LogP contribution in [0.15, 0.2) is 37.0 Å². The Kier molecular flexibility index (Phi) is 2.77. The van der Waals surface area contributed by atoms with E-state index < -0.39 is 8.00 Å². The van der Waals surface area contributed by atoms with E-state index in [-0.39, 0.29) is 5.92 Å². The lowest BCUT2D eigenvalue weighted by molar-refractivity contribution is -0.167. The SMILES string of the molecule is C=CC1C=CC=C/C1=[P+](\[O-])O. The van der Waals surface area contributed by atoms with Gasteiger partial charge in [0, 0.05) is 0 Å². The standard InChI is InChI=1S/C8H9O2P/c1-2-7-5-3-4-6-8(7)11(9)10/h2-7H,1H2,(H,9,10). The Morgan fingerprint density at radius 1 is 1.64 bits per heavy atom. The van der Waals surface area contributed by atoms with Crippen molar-refractivity contribution < 1.29 is 9.79 Å². The molecule has 0 aromatic rings. The molecule has 0 amide bonds. The van der Waals surface area contributed by atoms with Crippen LogP contribution in [-0.4, -0.2) is 10.2 Å². The fourth-order valence-electron chi connectivity index (χ4n) is 0.938. The maximum Gasteiger partial charge on any atom is 0.221 e. The third-order valence-corrected chi connectivity index (χ3v) is 2.40. The molecule has 2 unspecified atom stereocenters. The highest BCUT2D eigenvalue weighted by Gasteiger charge is 2.15. The van der Waals surface area contributed by atoms with Crippen LogP contribution in [0.1, 0.15) is 0 Å². The highest BCUT2D eigenvalue weighted by atomic mass is 31.1. The van der Waals surface area contributed by atoms with Crippen LogP contribution in [0.2, 0.25) is 0 Å². The molecular weight excluding hydrogens is 159 g/mol. The van der Waals surface area contributed by atoms with Gasteiger partial charge in [-0.1, -0.05) is 24.3 Å². The molecule has 0 heterocycles. The van der Waals surface area contributed by atoms with Crippen LogP contribution >= 0.6 is 8.00 Å². The van der Waals surface area contributed by atoms with E-state index in [9.17, 15) is 4.89 Å². The molecule has 2 nitrogen and oxygen atoms in total. The van der Waals surface area contributed by atoms with Crippen LogP contribution in [0.25, 0.3) is 0 Å². The van der Waals surface area contributed by atoms with Crippen LogP contribution in [0.5, 0.6) is 0 Å². The summed E-state index contributed by atoms with van der Waals surface area (Å²) < 4.78 is 0. The van der Waals surface area contributed by atoms with Crippen molar-refractivity contribution in [2.75, 3.05) is 0 Å². The molecule has 0 bridgehead atoms. The van der Waals surface area contributed by atoms with Crippen molar-refractivity contribution >= 4 is 13.3 Å². The van der Waals surface area contributed by atoms with E-state index in [1.165, 1.54) is 0 Å². The average Bonchev–Trinajstić information content (AvgIpc) is 2.04. The van der Waals surface area contributed by atoms with Crippen molar-refractivity contribution in [3.05, 3.63) is 37.0 Å². The van der Waals surface area contributed by atoms with E-state index in [1.54, 1.807) is 18.2 Å². The first-order valence-electron chi connectivity index (χ1n) is 3.26. The summed E-state index contributed by atoms with van der Waals surface area (Å²) >= 11 is 0. The minimum atomic E-state index is -2.21. The Balaban J connectivity index is 2.97. The van der Waals surface area contributed by atoms with E-state index in [4.69, 9.17) is 4.89 Å². The molecule has 0 radical (unpaired) electrons. The molecule has 1 N–H and O–H groups in total. The van der Waals surface area contributed by atoms with Crippen molar-refractivity contribution in [2.45, 2.75) is 0 Å². The van der Waals surface area contributed by atoms with Crippen molar-refractivity contribution in [1.82, 2.24) is 0 Å².